The molecule has 1 aromatic heterocycles. The van der Waals surface area contributed by atoms with Gasteiger partial charge >= 0.3 is 0 Å². The number of benzene rings is 1. The van der Waals surface area contributed by atoms with Crippen LogP contribution >= 0.6 is 0 Å². The molecular formula is C25H26FN3O2. The molecule has 1 N–H and O–H groups in total. The lowest BCUT2D eigenvalue weighted by Gasteiger charge is -2.70. The Labute approximate surface area is 181 Å². The number of nitrogens with one attached hydrogen (secondary N) is 1. The van der Waals surface area contributed by atoms with Crippen LogP contribution in [0.15, 0.2) is 30.5 Å². The van der Waals surface area contributed by atoms with E-state index in [0.717, 1.165) is 37.6 Å². The molecular weight excluding hydrogens is 393 g/mol. The number of amides is 1. The molecule has 5 fully saturated rings. The number of halogens is 1. The summed E-state index contributed by atoms with van der Waals surface area (Å²) in [6, 6.07) is 8.66. The second-order valence-corrected chi connectivity index (χ2v) is 10.5. The highest BCUT2D eigenvalue weighted by Crippen LogP contribution is 2.69. The molecule has 3 unspecified atom stereocenters. The molecule has 1 heterocycles. The molecule has 0 radical (unpaired) electrons. The zero-order chi connectivity index (χ0) is 21.4. The zero-order valence-electron chi connectivity index (χ0n) is 17.6. The Hall–Kier alpha value is -2.68. The van der Waals surface area contributed by atoms with Crippen LogP contribution in [-0.2, 0) is 4.79 Å². The van der Waals surface area contributed by atoms with Crippen LogP contribution in [0.1, 0.15) is 45.4 Å². The summed E-state index contributed by atoms with van der Waals surface area (Å²) in [5.41, 5.74) is 0.914. The van der Waals surface area contributed by atoms with Gasteiger partial charge in [0.15, 0.2) is 0 Å². The van der Waals surface area contributed by atoms with Crippen molar-refractivity contribution in [1.29, 1.82) is 5.26 Å². The molecule has 5 aliphatic carbocycles. The Balaban J connectivity index is 1.04. The van der Waals surface area contributed by atoms with E-state index in [2.05, 4.69) is 23.3 Å². The van der Waals surface area contributed by atoms with Gasteiger partial charge in [-0.3, -0.25) is 9.78 Å². The second-order valence-electron chi connectivity index (χ2n) is 10.5. The fraction of sp³-hybridized carbons (Fsp3) is 0.560. The smallest absolute Gasteiger partial charge is 0.223 e. The summed E-state index contributed by atoms with van der Waals surface area (Å²) in [6.07, 6.45) is 7.24. The number of ether oxygens (including phenoxy) is 1. The molecule has 160 valence electrons. The van der Waals surface area contributed by atoms with Crippen molar-refractivity contribution in [1.82, 2.24) is 10.3 Å². The lowest BCUT2D eigenvalue weighted by molar-refractivity contribution is -0.165. The van der Waals surface area contributed by atoms with E-state index in [1.54, 1.807) is 12.3 Å². The quantitative estimate of drug-likeness (QED) is 0.755. The summed E-state index contributed by atoms with van der Waals surface area (Å²) >= 11 is 0. The molecule has 2 bridgehead atoms. The van der Waals surface area contributed by atoms with Gasteiger partial charge in [0.05, 0.1) is 17.7 Å². The minimum absolute atomic E-state index is 0.0183. The topological polar surface area (TPSA) is 75.0 Å². The molecule has 1 aromatic carbocycles. The fourth-order valence-electron chi connectivity index (χ4n) is 7.09. The highest BCUT2D eigenvalue weighted by atomic mass is 19.1. The standard InChI is InChI=1S/C25H26FN3O2/c1-14(23(30)29-25-11-24(12-25,13-25)5-6-27)22-17-9-16(10-18(17)22)31-21-4-7-28-20-3-2-15(26)8-19(20)21/h2-4,7-8,14,16-18,22H,5,9-13H2,1H3,(H,29,30)/t14?,16?,17-,18+,22?,24?,25?. The fourth-order valence-corrected chi connectivity index (χ4v) is 7.09. The number of fused-ring (bicyclic) bond motifs is 2. The molecule has 0 saturated heterocycles. The van der Waals surface area contributed by atoms with Crippen LogP contribution in [0.2, 0.25) is 0 Å². The Kier molecular flexibility index (Phi) is 3.94. The SMILES string of the molecule is CC(C(=O)NC12CC(CC#N)(C1)C2)C1[C@H]2CC(Oc3ccnc4ccc(F)cc34)C[C@@H]12. The van der Waals surface area contributed by atoms with Crippen LogP contribution in [0, 0.1) is 46.2 Å². The van der Waals surface area contributed by atoms with Crippen molar-refractivity contribution in [2.45, 2.75) is 57.1 Å². The molecule has 0 spiro atoms. The predicted molar refractivity (Wildman–Crippen MR) is 112 cm³/mol. The van der Waals surface area contributed by atoms with Crippen molar-refractivity contribution < 1.29 is 13.9 Å². The van der Waals surface area contributed by atoms with Crippen molar-refractivity contribution in [3.05, 3.63) is 36.3 Å². The summed E-state index contributed by atoms with van der Waals surface area (Å²) in [7, 11) is 0. The van der Waals surface area contributed by atoms with Crippen molar-refractivity contribution >= 4 is 16.8 Å². The van der Waals surface area contributed by atoms with Gasteiger partial charge in [-0.2, -0.15) is 5.26 Å². The normalized spacial score (nSPS) is 37.7. The van der Waals surface area contributed by atoms with Gasteiger partial charge in [0.1, 0.15) is 11.6 Å². The predicted octanol–water partition coefficient (Wildman–Crippen LogP) is 4.37. The molecule has 7 rings (SSSR count). The number of carbonyl (C=O) groups excluding carboxylic acids is 1. The maximum atomic E-state index is 13.7. The van der Waals surface area contributed by atoms with E-state index in [9.17, 15) is 9.18 Å². The molecule has 5 atom stereocenters. The van der Waals surface area contributed by atoms with Gasteiger partial charge in [-0.15, -0.1) is 0 Å². The third-order valence-electron chi connectivity index (χ3n) is 8.40. The lowest BCUT2D eigenvalue weighted by atomic mass is 9.38. The van der Waals surface area contributed by atoms with E-state index in [0.29, 0.717) is 35.3 Å². The molecule has 2 aromatic rings. The summed E-state index contributed by atoms with van der Waals surface area (Å²) < 4.78 is 19.9. The van der Waals surface area contributed by atoms with E-state index in [-0.39, 0.29) is 34.7 Å². The Morgan fingerprint density at radius 1 is 1.32 bits per heavy atom. The van der Waals surface area contributed by atoms with E-state index in [1.165, 1.54) is 12.1 Å². The first-order chi connectivity index (χ1) is 14.9. The van der Waals surface area contributed by atoms with Gasteiger partial charge in [0.2, 0.25) is 5.91 Å². The van der Waals surface area contributed by atoms with Crippen molar-refractivity contribution in [3.63, 3.8) is 0 Å². The molecule has 6 heteroatoms. The van der Waals surface area contributed by atoms with Crippen LogP contribution < -0.4 is 10.1 Å². The molecule has 1 amide bonds. The number of hydrogen-bond acceptors (Lipinski definition) is 4. The van der Waals surface area contributed by atoms with Gasteiger partial charge in [0.25, 0.3) is 0 Å². The molecule has 31 heavy (non-hydrogen) atoms. The maximum Gasteiger partial charge on any atom is 0.223 e. The van der Waals surface area contributed by atoms with E-state index < -0.39 is 0 Å². The van der Waals surface area contributed by atoms with Crippen LogP contribution in [0.5, 0.6) is 5.75 Å². The first-order valence-corrected chi connectivity index (χ1v) is 11.3. The first kappa shape index (κ1) is 19.0. The van der Waals surface area contributed by atoms with Crippen LogP contribution in [0.25, 0.3) is 10.9 Å². The maximum absolute atomic E-state index is 13.7. The third kappa shape index (κ3) is 2.93. The van der Waals surface area contributed by atoms with E-state index >= 15 is 0 Å². The minimum atomic E-state index is -0.290. The molecule has 0 aliphatic heterocycles. The highest BCUT2D eigenvalue weighted by molar-refractivity contribution is 5.84. The number of aromatic nitrogens is 1. The summed E-state index contributed by atoms with van der Waals surface area (Å²) in [5, 5.41) is 12.9. The van der Waals surface area contributed by atoms with Gasteiger partial charge in [0, 0.05) is 29.5 Å². The van der Waals surface area contributed by atoms with E-state index in [4.69, 9.17) is 10.00 Å². The summed E-state index contributed by atoms with van der Waals surface area (Å²) in [4.78, 5) is 17.1. The highest BCUT2D eigenvalue weighted by Gasteiger charge is 2.68. The monoisotopic (exact) mass is 419 g/mol. The number of rotatable bonds is 6. The van der Waals surface area contributed by atoms with Crippen LogP contribution in [0.4, 0.5) is 4.39 Å². The number of pyridine rings is 1. The van der Waals surface area contributed by atoms with E-state index in [1.807, 2.05) is 6.07 Å². The number of carbonyl (C=O) groups is 1. The first-order valence-electron chi connectivity index (χ1n) is 11.3. The number of nitriles is 1. The average Bonchev–Trinajstić information content (AvgIpc) is 3.19. The van der Waals surface area contributed by atoms with Gasteiger partial charge < -0.3 is 10.1 Å². The Morgan fingerprint density at radius 3 is 2.77 bits per heavy atom. The minimum Gasteiger partial charge on any atom is -0.490 e. The van der Waals surface area contributed by atoms with Crippen molar-refractivity contribution in [3.8, 4) is 11.8 Å². The number of hydrogen-bond donors (Lipinski definition) is 1. The summed E-state index contributed by atoms with van der Waals surface area (Å²) in [6.45, 7) is 2.06. The van der Waals surface area contributed by atoms with Gasteiger partial charge in [-0.05, 0) is 79.5 Å². The molecule has 5 nitrogen and oxygen atoms in total. The van der Waals surface area contributed by atoms with Gasteiger partial charge in [-0.25, -0.2) is 4.39 Å². The van der Waals surface area contributed by atoms with Gasteiger partial charge in [-0.1, -0.05) is 6.92 Å². The second kappa shape index (κ2) is 6.41. The zero-order valence-corrected chi connectivity index (χ0v) is 17.6. The average molecular weight is 420 g/mol. The molecule has 5 aliphatic rings. The Morgan fingerprint density at radius 2 is 2.06 bits per heavy atom. The van der Waals surface area contributed by atoms with Crippen molar-refractivity contribution in [2.75, 3.05) is 0 Å². The summed E-state index contributed by atoms with van der Waals surface area (Å²) in [5.74, 6) is 2.11. The van der Waals surface area contributed by atoms with Crippen LogP contribution in [-0.4, -0.2) is 22.5 Å². The largest absolute Gasteiger partial charge is 0.490 e. The van der Waals surface area contributed by atoms with Crippen molar-refractivity contribution in [2.24, 2.45) is 29.1 Å². The van der Waals surface area contributed by atoms with Crippen LogP contribution in [0.3, 0.4) is 0 Å². The Bertz CT molecular complexity index is 1090. The number of nitrogens with zero attached hydrogens (tertiary/aromatic N) is 2. The third-order valence-corrected chi connectivity index (χ3v) is 8.40. The lowest BCUT2D eigenvalue weighted by Crippen LogP contribution is -2.74. The molecule has 5 saturated carbocycles.